The summed E-state index contributed by atoms with van der Waals surface area (Å²) in [6.45, 7) is 3.61. The van der Waals surface area contributed by atoms with Gasteiger partial charge in [-0.2, -0.15) is 0 Å². The van der Waals surface area contributed by atoms with Gasteiger partial charge in [-0.05, 0) is 61.4 Å². The van der Waals surface area contributed by atoms with Crippen molar-refractivity contribution in [3.63, 3.8) is 0 Å². The van der Waals surface area contributed by atoms with E-state index in [0.29, 0.717) is 24.4 Å². The van der Waals surface area contributed by atoms with Crippen molar-refractivity contribution in [1.82, 2.24) is 4.72 Å². The Morgan fingerprint density at radius 1 is 0.966 bits per heavy atom. The first-order valence-electron chi connectivity index (χ1n) is 9.85. The van der Waals surface area contributed by atoms with Crippen LogP contribution in [0, 0.1) is 5.92 Å². The van der Waals surface area contributed by atoms with E-state index in [4.69, 9.17) is 4.74 Å². The molecule has 0 atom stereocenters. The minimum atomic E-state index is -3.81. The van der Waals surface area contributed by atoms with E-state index in [9.17, 15) is 16.8 Å². The average Bonchev–Trinajstić information content (AvgIpc) is 2.74. The van der Waals surface area contributed by atoms with Crippen molar-refractivity contribution in [2.24, 2.45) is 5.92 Å². The first-order chi connectivity index (χ1) is 13.8. The second kappa shape index (κ2) is 9.38. The molecule has 0 spiro atoms. The third kappa shape index (κ3) is 5.25. The molecule has 0 unspecified atom stereocenters. The fourth-order valence-corrected chi connectivity index (χ4v) is 6.25. The Labute approximate surface area is 173 Å². The molecule has 29 heavy (non-hydrogen) atoms. The summed E-state index contributed by atoms with van der Waals surface area (Å²) in [4.78, 5) is 0.148. The first kappa shape index (κ1) is 22.0. The van der Waals surface area contributed by atoms with Crippen LogP contribution in [0.25, 0.3) is 0 Å². The van der Waals surface area contributed by atoms with Crippen LogP contribution in [0.15, 0.2) is 63.2 Å². The fraction of sp³-hybridized carbons (Fsp3) is 0.429. The van der Waals surface area contributed by atoms with Crippen molar-refractivity contribution in [3.8, 4) is 0 Å². The molecule has 3 rings (SSSR count). The first-order valence-corrected chi connectivity index (χ1v) is 12.8. The normalized spacial score (nSPS) is 16.0. The van der Waals surface area contributed by atoms with Gasteiger partial charge in [-0.25, -0.2) is 21.6 Å². The summed E-state index contributed by atoms with van der Waals surface area (Å²) < 4.78 is 59.7. The molecule has 1 saturated heterocycles. The van der Waals surface area contributed by atoms with Gasteiger partial charge in [0.05, 0.1) is 14.7 Å². The molecule has 158 valence electrons. The van der Waals surface area contributed by atoms with Gasteiger partial charge >= 0.3 is 0 Å². The lowest BCUT2D eigenvalue weighted by Crippen LogP contribution is -2.28. The molecular weight excluding hydrogens is 410 g/mol. The third-order valence-corrected chi connectivity index (χ3v) is 8.57. The van der Waals surface area contributed by atoms with Crippen LogP contribution in [0.5, 0.6) is 0 Å². The second-order valence-electron chi connectivity index (χ2n) is 7.18. The zero-order valence-corrected chi connectivity index (χ0v) is 18.1. The topological polar surface area (TPSA) is 89.5 Å². The molecular formula is C21H27NO5S2. The van der Waals surface area contributed by atoms with Crippen molar-refractivity contribution in [1.29, 1.82) is 0 Å². The summed E-state index contributed by atoms with van der Waals surface area (Å²) in [5.41, 5.74) is 0.593. The van der Waals surface area contributed by atoms with Crippen LogP contribution < -0.4 is 4.72 Å². The lowest BCUT2D eigenvalue weighted by Gasteiger charge is -2.22. The molecule has 1 heterocycles. The number of hydrogen-bond acceptors (Lipinski definition) is 5. The van der Waals surface area contributed by atoms with Crippen LogP contribution in [0.2, 0.25) is 0 Å². The van der Waals surface area contributed by atoms with E-state index in [-0.39, 0.29) is 14.7 Å². The van der Waals surface area contributed by atoms with Gasteiger partial charge in [-0.1, -0.05) is 31.2 Å². The van der Waals surface area contributed by atoms with Crippen LogP contribution >= 0.6 is 0 Å². The lowest BCUT2D eigenvalue weighted by atomic mass is 9.97. The standard InChI is InChI=1S/C21H27NO5S2/c1-2-18-8-9-20(28(23,24)19-6-4-3-5-7-19)16-21(18)29(25,26)22-13-10-17-11-14-27-15-12-17/h3-9,16-17,22H,2,10-15H2,1H3. The summed E-state index contributed by atoms with van der Waals surface area (Å²) in [6, 6.07) is 12.4. The Kier molecular flexibility index (Phi) is 7.10. The van der Waals surface area contributed by atoms with Crippen LogP contribution in [0.3, 0.4) is 0 Å². The predicted octanol–water partition coefficient (Wildman–Crippen LogP) is 3.18. The van der Waals surface area contributed by atoms with E-state index in [1.54, 1.807) is 24.3 Å². The molecule has 1 aliphatic rings. The zero-order chi connectivity index (χ0) is 20.9. The number of benzene rings is 2. The van der Waals surface area contributed by atoms with E-state index < -0.39 is 19.9 Å². The highest BCUT2D eigenvalue weighted by Crippen LogP contribution is 2.26. The Morgan fingerprint density at radius 3 is 2.31 bits per heavy atom. The van der Waals surface area contributed by atoms with Gasteiger partial charge in [0, 0.05) is 19.8 Å². The maximum atomic E-state index is 12.9. The molecule has 0 aromatic heterocycles. The van der Waals surface area contributed by atoms with Crippen molar-refractivity contribution < 1.29 is 21.6 Å². The highest BCUT2D eigenvalue weighted by atomic mass is 32.2. The Balaban J connectivity index is 1.84. The smallest absolute Gasteiger partial charge is 0.240 e. The molecule has 1 N–H and O–H groups in total. The second-order valence-corrected chi connectivity index (χ2v) is 10.9. The third-order valence-electron chi connectivity index (χ3n) is 5.26. The maximum Gasteiger partial charge on any atom is 0.240 e. The highest BCUT2D eigenvalue weighted by Gasteiger charge is 2.24. The predicted molar refractivity (Wildman–Crippen MR) is 111 cm³/mol. The number of hydrogen-bond donors (Lipinski definition) is 1. The SMILES string of the molecule is CCc1ccc(S(=O)(=O)c2ccccc2)cc1S(=O)(=O)NCCC1CCOCC1. The van der Waals surface area contributed by atoms with Crippen LogP contribution in [-0.2, 0) is 31.0 Å². The molecule has 0 saturated carbocycles. The molecule has 2 aromatic carbocycles. The molecule has 8 heteroatoms. The molecule has 1 aliphatic heterocycles. The van der Waals surface area contributed by atoms with E-state index in [1.807, 2.05) is 6.92 Å². The van der Waals surface area contributed by atoms with E-state index in [2.05, 4.69) is 4.72 Å². The largest absolute Gasteiger partial charge is 0.381 e. The van der Waals surface area contributed by atoms with E-state index in [0.717, 1.165) is 32.5 Å². The van der Waals surface area contributed by atoms with Crippen molar-refractivity contribution >= 4 is 19.9 Å². The van der Waals surface area contributed by atoms with E-state index >= 15 is 0 Å². The van der Waals surface area contributed by atoms with Gasteiger partial charge in [0.15, 0.2) is 0 Å². The van der Waals surface area contributed by atoms with Gasteiger partial charge in [0.1, 0.15) is 0 Å². The number of rotatable bonds is 8. The summed E-state index contributed by atoms with van der Waals surface area (Å²) >= 11 is 0. The molecule has 0 amide bonds. The van der Waals surface area contributed by atoms with Gasteiger partial charge in [-0.3, -0.25) is 0 Å². The quantitative estimate of drug-likeness (QED) is 0.685. The fourth-order valence-electron chi connectivity index (χ4n) is 3.49. The number of nitrogens with one attached hydrogen (secondary N) is 1. The van der Waals surface area contributed by atoms with Crippen LogP contribution in [0.4, 0.5) is 0 Å². The van der Waals surface area contributed by atoms with Gasteiger partial charge in [0.2, 0.25) is 19.9 Å². The Hall–Kier alpha value is -1.74. The van der Waals surface area contributed by atoms with Crippen LogP contribution in [-0.4, -0.2) is 36.6 Å². The maximum absolute atomic E-state index is 12.9. The highest BCUT2D eigenvalue weighted by molar-refractivity contribution is 7.91. The number of sulfonamides is 1. The lowest BCUT2D eigenvalue weighted by molar-refractivity contribution is 0.0644. The molecule has 2 aromatic rings. The van der Waals surface area contributed by atoms with Crippen molar-refractivity contribution in [2.45, 2.75) is 47.3 Å². The van der Waals surface area contributed by atoms with Gasteiger partial charge in [-0.15, -0.1) is 0 Å². The minimum absolute atomic E-state index is 0.0225. The average molecular weight is 438 g/mol. The van der Waals surface area contributed by atoms with Crippen molar-refractivity contribution in [2.75, 3.05) is 19.8 Å². The summed E-state index contributed by atoms with van der Waals surface area (Å²) in [6.07, 6.45) is 3.10. The Bertz CT molecular complexity index is 1030. The minimum Gasteiger partial charge on any atom is -0.381 e. The molecule has 6 nitrogen and oxygen atoms in total. The van der Waals surface area contributed by atoms with Crippen molar-refractivity contribution in [3.05, 3.63) is 54.1 Å². The summed E-state index contributed by atoms with van der Waals surface area (Å²) in [7, 11) is -7.60. The molecule has 1 fully saturated rings. The van der Waals surface area contributed by atoms with Gasteiger partial charge < -0.3 is 4.74 Å². The molecule has 0 bridgehead atoms. The monoisotopic (exact) mass is 437 g/mol. The van der Waals surface area contributed by atoms with Crippen LogP contribution in [0.1, 0.15) is 31.7 Å². The number of sulfone groups is 1. The zero-order valence-electron chi connectivity index (χ0n) is 16.5. The number of aryl methyl sites for hydroxylation is 1. The number of ether oxygens (including phenoxy) is 1. The molecule has 0 radical (unpaired) electrons. The van der Waals surface area contributed by atoms with E-state index in [1.165, 1.54) is 24.3 Å². The molecule has 0 aliphatic carbocycles. The summed E-state index contributed by atoms with van der Waals surface area (Å²) in [5, 5.41) is 0. The van der Waals surface area contributed by atoms with Gasteiger partial charge in [0.25, 0.3) is 0 Å². The summed E-state index contributed by atoms with van der Waals surface area (Å²) in [5.74, 6) is 0.446. The Morgan fingerprint density at radius 2 is 1.66 bits per heavy atom.